The van der Waals surface area contributed by atoms with Crippen LogP contribution in [0, 0.1) is 0 Å². The van der Waals surface area contributed by atoms with Crippen LogP contribution in [0.4, 0.5) is 0 Å². The minimum atomic E-state index is -0.241. The molecule has 17 heavy (non-hydrogen) atoms. The van der Waals surface area contributed by atoms with Crippen LogP contribution in [-0.4, -0.2) is 15.9 Å². The molecule has 0 aliphatic heterocycles. The van der Waals surface area contributed by atoms with Crippen molar-refractivity contribution in [3.63, 3.8) is 0 Å². The number of aromatic nitrogens is 2. The van der Waals surface area contributed by atoms with Crippen molar-refractivity contribution in [1.82, 2.24) is 15.3 Å². The molecule has 2 aromatic heterocycles. The molecule has 4 nitrogen and oxygen atoms in total. The monoisotopic (exact) mass is 267 g/mol. The quantitative estimate of drug-likeness (QED) is 0.930. The molecule has 0 aromatic carbocycles. The van der Waals surface area contributed by atoms with Gasteiger partial charge in [0.1, 0.15) is 5.69 Å². The highest BCUT2D eigenvalue weighted by atomic mass is 35.5. The molecule has 1 atom stereocenters. The lowest BCUT2D eigenvalue weighted by Gasteiger charge is -2.11. The largest absolute Gasteiger partial charge is 0.343 e. The van der Waals surface area contributed by atoms with Crippen LogP contribution in [-0.2, 0) is 0 Å². The number of hydrogen-bond donors (Lipinski definition) is 1. The van der Waals surface area contributed by atoms with Gasteiger partial charge in [0.05, 0.1) is 16.6 Å². The van der Waals surface area contributed by atoms with Crippen molar-refractivity contribution in [3.8, 4) is 0 Å². The second kappa shape index (κ2) is 5.25. The van der Waals surface area contributed by atoms with E-state index >= 15 is 0 Å². The molecule has 0 fully saturated rings. The van der Waals surface area contributed by atoms with Gasteiger partial charge in [-0.15, -0.1) is 11.3 Å². The van der Waals surface area contributed by atoms with E-state index in [2.05, 4.69) is 15.3 Å². The summed E-state index contributed by atoms with van der Waals surface area (Å²) in [6, 6.07) is 3.61. The second-order valence-electron chi connectivity index (χ2n) is 3.43. The molecule has 0 aliphatic carbocycles. The summed E-state index contributed by atoms with van der Waals surface area (Å²) in [4.78, 5) is 20.6. The highest BCUT2D eigenvalue weighted by Crippen LogP contribution is 2.26. The van der Waals surface area contributed by atoms with Gasteiger partial charge in [0.2, 0.25) is 0 Å². The number of carbonyl (C=O) groups excluding carboxylic acids is 1. The fourth-order valence-electron chi connectivity index (χ4n) is 1.32. The Kier molecular flexibility index (Phi) is 3.71. The van der Waals surface area contributed by atoms with Gasteiger partial charge in [0.15, 0.2) is 0 Å². The van der Waals surface area contributed by atoms with Crippen LogP contribution in [0.15, 0.2) is 30.7 Å². The number of nitrogens with one attached hydrogen (secondary N) is 1. The molecule has 0 unspecified atom stereocenters. The maximum absolute atomic E-state index is 11.8. The Morgan fingerprint density at radius 2 is 2.29 bits per heavy atom. The van der Waals surface area contributed by atoms with Gasteiger partial charge in [-0.25, -0.2) is 4.98 Å². The Bertz CT molecular complexity index is 514. The van der Waals surface area contributed by atoms with E-state index < -0.39 is 0 Å². The first kappa shape index (κ1) is 12.0. The third kappa shape index (κ3) is 3.01. The van der Waals surface area contributed by atoms with E-state index in [1.165, 1.54) is 29.9 Å². The summed E-state index contributed by atoms with van der Waals surface area (Å²) in [7, 11) is 0. The number of rotatable bonds is 3. The molecule has 0 spiro atoms. The van der Waals surface area contributed by atoms with Gasteiger partial charge >= 0.3 is 0 Å². The normalized spacial score (nSPS) is 12.1. The predicted molar refractivity (Wildman–Crippen MR) is 67.2 cm³/mol. The Hall–Kier alpha value is -1.46. The highest BCUT2D eigenvalue weighted by molar-refractivity contribution is 7.16. The Balaban J connectivity index is 2.04. The molecule has 0 saturated heterocycles. The summed E-state index contributed by atoms with van der Waals surface area (Å²) >= 11 is 7.29. The van der Waals surface area contributed by atoms with E-state index in [1.54, 1.807) is 0 Å². The van der Waals surface area contributed by atoms with E-state index in [0.29, 0.717) is 10.0 Å². The van der Waals surface area contributed by atoms with Gasteiger partial charge in [-0.2, -0.15) is 0 Å². The SMILES string of the molecule is C[C@H](NC(=O)c1cnccn1)c1ccc(Cl)s1. The third-order valence-electron chi connectivity index (χ3n) is 2.16. The minimum absolute atomic E-state index is 0.0954. The Morgan fingerprint density at radius 3 is 2.88 bits per heavy atom. The lowest BCUT2D eigenvalue weighted by molar-refractivity contribution is 0.0935. The molecule has 2 aromatic rings. The van der Waals surface area contributed by atoms with Gasteiger partial charge in [-0.05, 0) is 19.1 Å². The molecule has 0 aliphatic rings. The molecule has 88 valence electrons. The van der Waals surface area contributed by atoms with Crippen LogP contribution in [0.3, 0.4) is 0 Å². The lowest BCUT2D eigenvalue weighted by Crippen LogP contribution is -2.26. The molecule has 1 amide bonds. The summed E-state index contributed by atoms with van der Waals surface area (Å²) in [6.07, 6.45) is 4.45. The second-order valence-corrected chi connectivity index (χ2v) is 5.17. The van der Waals surface area contributed by atoms with Crippen LogP contribution in [0.2, 0.25) is 4.34 Å². The van der Waals surface area contributed by atoms with Crippen LogP contribution < -0.4 is 5.32 Å². The van der Waals surface area contributed by atoms with Crippen molar-refractivity contribution in [2.45, 2.75) is 13.0 Å². The smallest absolute Gasteiger partial charge is 0.271 e. The van der Waals surface area contributed by atoms with Gasteiger partial charge < -0.3 is 5.32 Å². The fourth-order valence-corrected chi connectivity index (χ4v) is 2.38. The average molecular weight is 268 g/mol. The van der Waals surface area contributed by atoms with Crippen molar-refractivity contribution < 1.29 is 4.79 Å². The fraction of sp³-hybridized carbons (Fsp3) is 0.182. The first-order valence-corrected chi connectivity index (χ1v) is 6.18. The number of nitrogens with zero attached hydrogens (tertiary/aromatic N) is 2. The van der Waals surface area contributed by atoms with Crippen molar-refractivity contribution in [1.29, 1.82) is 0 Å². The van der Waals surface area contributed by atoms with E-state index in [0.717, 1.165) is 4.88 Å². The number of carbonyl (C=O) groups is 1. The topological polar surface area (TPSA) is 54.9 Å². The summed E-state index contributed by atoms with van der Waals surface area (Å²) in [6.45, 7) is 1.90. The Labute approximate surface area is 108 Å². The summed E-state index contributed by atoms with van der Waals surface area (Å²) in [5, 5.41) is 2.84. The van der Waals surface area contributed by atoms with Gasteiger partial charge in [-0.3, -0.25) is 9.78 Å². The first-order valence-electron chi connectivity index (χ1n) is 4.99. The van der Waals surface area contributed by atoms with E-state index in [4.69, 9.17) is 11.6 Å². The number of thiophene rings is 1. The molecule has 0 radical (unpaired) electrons. The maximum atomic E-state index is 11.8. The predicted octanol–water partition coefficient (Wildman–Crippen LogP) is 2.68. The average Bonchev–Trinajstić information content (AvgIpc) is 2.77. The van der Waals surface area contributed by atoms with Crippen LogP contribution in [0.1, 0.15) is 28.3 Å². The van der Waals surface area contributed by atoms with Crippen LogP contribution in [0.5, 0.6) is 0 Å². The lowest BCUT2D eigenvalue weighted by atomic mass is 10.2. The zero-order valence-corrected chi connectivity index (χ0v) is 10.6. The highest BCUT2D eigenvalue weighted by Gasteiger charge is 2.13. The summed E-state index contributed by atoms with van der Waals surface area (Å²) < 4.78 is 0.709. The van der Waals surface area contributed by atoms with E-state index in [-0.39, 0.29) is 11.9 Å². The summed E-state index contributed by atoms with van der Waals surface area (Å²) in [5.41, 5.74) is 0.307. The van der Waals surface area contributed by atoms with E-state index in [9.17, 15) is 4.79 Å². The first-order chi connectivity index (χ1) is 8.16. The molecule has 2 heterocycles. The minimum Gasteiger partial charge on any atom is -0.343 e. The van der Waals surface area contributed by atoms with Crippen molar-refractivity contribution in [3.05, 3.63) is 45.6 Å². The van der Waals surface area contributed by atoms with Crippen molar-refractivity contribution in [2.24, 2.45) is 0 Å². The summed E-state index contributed by atoms with van der Waals surface area (Å²) in [5.74, 6) is -0.241. The molecular weight excluding hydrogens is 258 g/mol. The van der Waals surface area contributed by atoms with Gasteiger partial charge in [0.25, 0.3) is 5.91 Å². The van der Waals surface area contributed by atoms with Crippen LogP contribution in [0.25, 0.3) is 0 Å². The zero-order chi connectivity index (χ0) is 12.3. The zero-order valence-electron chi connectivity index (χ0n) is 9.05. The third-order valence-corrected chi connectivity index (χ3v) is 3.58. The molecule has 1 N–H and O–H groups in total. The number of hydrogen-bond acceptors (Lipinski definition) is 4. The number of halogens is 1. The van der Waals surface area contributed by atoms with Crippen molar-refractivity contribution >= 4 is 28.8 Å². The van der Waals surface area contributed by atoms with Crippen LogP contribution >= 0.6 is 22.9 Å². The number of amides is 1. The van der Waals surface area contributed by atoms with Crippen molar-refractivity contribution in [2.75, 3.05) is 0 Å². The molecular formula is C11H10ClN3OS. The van der Waals surface area contributed by atoms with Gasteiger partial charge in [0, 0.05) is 17.3 Å². The Morgan fingerprint density at radius 1 is 1.47 bits per heavy atom. The maximum Gasteiger partial charge on any atom is 0.271 e. The molecule has 0 saturated carbocycles. The molecule has 0 bridgehead atoms. The van der Waals surface area contributed by atoms with Gasteiger partial charge in [-0.1, -0.05) is 11.6 Å². The molecule has 2 rings (SSSR count). The molecule has 6 heteroatoms. The van der Waals surface area contributed by atoms with E-state index in [1.807, 2.05) is 19.1 Å². The standard InChI is InChI=1S/C11H10ClN3OS/c1-7(9-2-3-10(12)17-9)15-11(16)8-6-13-4-5-14-8/h2-7H,1H3,(H,15,16)/t7-/m0/s1.